The summed E-state index contributed by atoms with van der Waals surface area (Å²) < 4.78 is 6.41. The molecule has 156 valence electrons. The van der Waals surface area contributed by atoms with Gasteiger partial charge in [-0.05, 0) is 24.3 Å². The minimum atomic E-state index is -0.567. The molecule has 1 heterocycles. The SMILES string of the molecule is C#CCOc1ccc(C=Nn2c(-c3ccccc3)nc3ccccc3c2=O)cc1[N+](=O)[O-]. The fourth-order valence-corrected chi connectivity index (χ4v) is 3.13. The summed E-state index contributed by atoms with van der Waals surface area (Å²) in [6, 6.07) is 20.5. The van der Waals surface area contributed by atoms with E-state index in [0.29, 0.717) is 27.9 Å². The van der Waals surface area contributed by atoms with Crippen LogP contribution in [0.5, 0.6) is 5.75 Å². The van der Waals surface area contributed by atoms with Gasteiger partial charge in [0.1, 0.15) is 6.61 Å². The summed E-state index contributed by atoms with van der Waals surface area (Å²) in [5.74, 6) is 2.68. The number of rotatable bonds is 6. The zero-order chi connectivity index (χ0) is 22.5. The lowest BCUT2D eigenvalue weighted by Gasteiger charge is -2.09. The average Bonchev–Trinajstić information content (AvgIpc) is 2.82. The highest BCUT2D eigenvalue weighted by Gasteiger charge is 2.16. The molecule has 0 fully saturated rings. The minimum Gasteiger partial charge on any atom is -0.474 e. The van der Waals surface area contributed by atoms with Crippen LogP contribution in [0.15, 0.2) is 82.7 Å². The molecule has 0 bridgehead atoms. The lowest BCUT2D eigenvalue weighted by molar-refractivity contribution is -0.385. The molecule has 0 saturated heterocycles. The van der Waals surface area contributed by atoms with Crippen molar-refractivity contribution in [1.82, 2.24) is 9.66 Å². The van der Waals surface area contributed by atoms with E-state index in [1.807, 2.05) is 30.3 Å². The van der Waals surface area contributed by atoms with Gasteiger partial charge in [0.05, 0.1) is 22.0 Å². The largest absolute Gasteiger partial charge is 0.474 e. The number of nitrogens with zero attached hydrogens (tertiary/aromatic N) is 4. The number of para-hydroxylation sites is 1. The first-order valence-corrected chi connectivity index (χ1v) is 9.55. The lowest BCUT2D eigenvalue weighted by Crippen LogP contribution is -2.20. The van der Waals surface area contributed by atoms with Gasteiger partial charge in [0.15, 0.2) is 11.6 Å². The number of terminal acetylenes is 1. The van der Waals surface area contributed by atoms with Gasteiger partial charge in [0, 0.05) is 17.2 Å². The number of hydrogen-bond donors (Lipinski definition) is 0. The second kappa shape index (κ2) is 8.93. The molecule has 0 aliphatic heterocycles. The maximum absolute atomic E-state index is 13.2. The molecule has 4 aromatic rings. The molecular formula is C24H16N4O4. The normalized spacial score (nSPS) is 10.8. The Morgan fingerprint density at radius 1 is 1.12 bits per heavy atom. The van der Waals surface area contributed by atoms with Crippen molar-refractivity contribution < 1.29 is 9.66 Å². The summed E-state index contributed by atoms with van der Waals surface area (Å²) in [7, 11) is 0. The molecule has 0 amide bonds. The van der Waals surface area contributed by atoms with Gasteiger partial charge in [-0.25, -0.2) is 4.98 Å². The van der Waals surface area contributed by atoms with Gasteiger partial charge >= 0.3 is 5.69 Å². The predicted octanol–water partition coefficient (Wildman–Crippen LogP) is 3.87. The number of aromatic nitrogens is 2. The van der Waals surface area contributed by atoms with Gasteiger partial charge in [-0.15, -0.1) is 6.42 Å². The first-order chi connectivity index (χ1) is 15.6. The number of ether oxygens (including phenoxy) is 1. The fourth-order valence-electron chi connectivity index (χ4n) is 3.13. The van der Waals surface area contributed by atoms with Crippen molar-refractivity contribution >= 4 is 22.8 Å². The van der Waals surface area contributed by atoms with Crippen LogP contribution in [0.2, 0.25) is 0 Å². The molecule has 0 atom stereocenters. The zero-order valence-electron chi connectivity index (χ0n) is 16.7. The molecule has 32 heavy (non-hydrogen) atoms. The molecule has 4 rings (SSSR count). The van der Waals surface area contributed by atoms with Crippen molar-refractivity contribution in [2.75, 3.05) is 6.61 Å². The van der Waals surface area contributed by atoms with Gasteiger partial charge in [-0.3, -0.25) is 14.9 Å². The van der Waals surface area contributed by atoms with Crippen molar-refractivity contribution in [3.63, 3.8) is 0 Å². The maximum Gasteiger partial charge on any atom is 0.311 e. The van der Waals surface area contributed by atoms with Crippen LogP contribution >= 0.6 is 0 Å². The monoisotopic (exact) mass is 424 g/mol. The molecule has 8 nitrogen and oxygen atoms in total. The van der Waals surface area contributed by atoms with Crippen molar-refractivity contribution in [2.24, 2.45) is 5.10 Å². The molecule has 0 radical (unpaired) electrons. The molecule has 0 aliphatic carbocycles. The highest BCUT2D eigenvalue weighted by molar-refractivity contribution is 5.83. The minimum absolute atomic E-state index is 0.0552. The first-order valence-electron chi connectivity index (χ1n) is 9.55. The van der Waals surface area contributed by atoms with Crippen LogP contribution in [0.3, 0.4) is 0 Å². The van der Waals surface area contributed by atoms with E-state index in [1.54, 1.807) is 30.3 Å². The molecule has 0 N–H and O–H groups in total. The van der Waals surface area contributed by atoms with E-state index >= 15 is 0 Å². The lowest BCUT2D eigenvalue weighted by atomic mass is 10.2. The van der Waals surface area contributed by atoms with Crippen molar-refractivity contribution in [3.05, 3.63) is 98.8 Å². The number of fused-ring (bicyclic) bond motifs is 1. The van der Waals surface area contributed by atoms with Gasteiger partial charge in [0.25, 0.3) is 5.56 Å². The Balaban J connectivity index is 1.83. The first kappa shape index (κ1) is 20.5. The third kappa shape index (κ3) is 4.08. The highest BCUT2D eigenvalue weighted by atomic mass is 16.6. The van der Waals surface area contributed by atoms with E-state index in [0.717, 1.165) is 0 Å². The summed E-state index contributed by atoms with van der Waals surface area (Å²) in [6.07, 6.45) is 6.52. The second-order valence-corrected chi connectivity index (χ2v) is 6.66. The van der Waals surface area contributed by atoms with E-state index in [4.69, 9.17) is 11.2 Å². The van der Waals surface area contributed by atoms with Crippen molar-refractivity contribution in [3.8, 4) is 29.5 Å². The summed E-state index contributed by atoms with van der Waals surface area (Å²) in [6.45, 7) is -0.0904. The van der Waals surface area contributed by atoms with Crippen LogP contribution in [-0.4, -0.2) is 27.4 Å². The Morgan fingerprint density at radius 2 is 1.88 bits per heavy atom. The summed E-state index contributed by atoms with van der Waals surface area (Å²) in [5.41, 5.74) is 1.06. The van der Waals surface area contributed by atoms with E-state index in [9.17, 15) is 14.9 Å². The van der Waals surface area contributed by atoms with Crippen LogP contribution in [0.25, 0.3) is 22.3 Å². The zero-order valence-corrected chi connectivity index (χ0v) is 16.7. The third-order valence-corrected chi connectivity index (χ3v) is 4.60. The van der Waals surface area contributed by atoms with E-state index in [-0.39, 0.29) is 23.6 Å². The van der Waals surface area contributed by atoms with Gasteiger partial charge in [-0.1, -0.05) is 48.4 Å². The van der Waals surface area contributed by atoms with Gasteiger partial charge < -0.3 is 4.74 Å². The molecule has 0 spiro atoms. The standard InChI is InChI=1S/C24H16N4O4/c1-2-14-32-22-13-12-17(15-21(22)28(30)31)16-25-27-23(18-8-4-3-5-9-18)26-20-11-7-6-10-19(20)24(27)29/h1,3-13,15-16H,14H2. The summed E-state index contributed by atoms with van der Waals surface area (Å²) >= 11 is 0. The molecule has 1 aromatic heterocycles. The van der Waals surface area contributed by atoms with Crippen LogP contribution in [-0.2, 0) is 0 Å². The summed E-state index contributed by atoms with van der Waals surface area (Å²) in [4.78, 5) is 28.6. The smallest absolute Gasteiger partial charge is 0.311 e. The second-order valence-electron chi connectivity index (χ2n) is 6.66. The Hall–Kier alpha value is -4.77. The van der Waals surface area contributed by atoms with Crippen molar-refractivity contribution in [2.45, 2.75) is 0 Å². The Labute approximate surface area is 182 Å². The van der Waals surface area contributed by atoms with Crippen LogP contribution < -0.4 is 10.3 Å². The highest BCUT2D eigenvalue weighted by Crippen LogP contribution is 2.27. The third-order valence-electron chi connectivity index (χ3n) is 4.60. The van der Waals surface area contributed by atoms with E-state index in [2.05, 4.69) is 16.0 Å². The number of hydrogen-bond acceptors (Lipinski definition) is 6. The molecule has 8 heteroatoms. The van der Waals surface area contributed by atoms with Gasteiger partial charge in [-0.2, -0.15) is 9.78 Å². The van der Waals surface area contributed by atoms with Crippen LogP contribution in [0.1, 0.15) is 5.56 Å². The molecule has 3 aromatic carbocycles. The topological polar surface area (TPSA) is 99.6 Å². The quantitative estimate of drug-likeness (QED) is 0.202. The molecule has 0 aliphatic rings. The molecular weight excluding hydrogens is 408 g/mol. The Kier molecular flexibility index (Phi) is 5.72. The molecule has 0 unspecified atom stereocenters. The molecule has 0 saturated carbocycles. The summed E-state index contributed by atoms with van der Waals surface area (Å²) in [5, 5.41) is 16.1. The Bertz CT molecular complexity index is 1440. The van der Waals surface area contributed by atoms with E-state index in [1.165, 1.54) is 23.0 Å². The van der Waals surface area contributed by atoms with Gasteiger partial charge in [0.2, 0.25) is 0 Å². The maximum atomic E-state index is 13.2. The number of nitro benzene ring substituents is 1. The fraction of sp³-hybridized carbons (Fsp3) is 0.0417. The number of benzene rings is 3. The Morgan fingerprint density at radius 3 is 2.62 bits per heavy atom. The van der Waals surface area contributed by atoms with Crippen LogP contribution in [0, 0.1) is 22.5 Å². The predicted molar refractivity (Wildman–Crippen MR) is 122 cm³/mol. The number of nitro groups is 1. The average molecular weight is 424 g/mol. The van der Waals surface area contributed by atoms with Crippen molar-refractivity contribution in [1.29, 1.82) is 0 Å². The van der Waals surface area contributed by atoms with E-state index < -0.39 is 4.92 Å². The van der Waals surface area contributed by atoms with Crippen LogP contribution in [0.4, 0.5) is 5.69 Å².